The third kappa shape index (κ3) is 2.87. The van der Waals surface area contributed by atoms with E-state index in [1.54, 1.807) is 11.8 Å². The van der Waals surface area contributed by atoms with Crippen LogP contribution in [0.5, 0.6) is 0 Å². The number of carbonyl (C=O) groups is 1. The highest BCUT2D eigenvalue weighted by molar-refractivity contribution is 7.99. The summed E-state index contributed by atoms with van der Waals surface area (Å²) in [7, 11) is 0. The molecule has 1 unspecified atom stereocenters. The minimum absolute atomic E-state index is 0.352. The molecule has 6 heteroatoms. The van der Waals surface area contributed by atoms with Gasteiger partial charge >= 0.3 is 5.97 Å². The summed E-state index contributed by atoms with van der Waals surface area (Å²) in [6.07, 6.45) is 3.65. The summed E-state index contributed by atoms with van der Waals surface area (Å²) in [4.78, 5) is 17.4. The fourth-order valence-electron chi connectivity index (χ4n) is 2.18. The van der Waals surface area contributed by atoms with E-state index in [0.717, 1.165) is 18.0 Å². The number of carboxylic acid groups (broad SMARTS) is 1. The van der Waals surface area contributed by atoms with Crippen LogP contribution in [-0.2, 0) is 11.3 Å². The highest BCUT2D eigenvalue weighted by atomic mass is 32.2. The maximum Gasteiger partial charge on any atom is 0.321 e. The van der Waals surface area contributed by atoms with Gasteiger partial charge in [0.25, 0.3) is 0 Å². The summed E-state index contributed by atoms with van der Waals surface area (Å²) < 4.78 is 2.10. The Morgan fingerprint density at radius 1 is 1.67 bits per heavy atom. The van der Waals surface area contributed by atoms with E-state index in [1.807, 2.05) is 17.4 Å². The Balaban J connectivity index is 2.11. The van der Waals surface area contributed by atoms with E-state index in [2.05, 4.69) is 23.4 Å². The molecule has 1 aromatic heterocycles. The molecule has 2 heterocycles. The molecule has 0 saturated carbocycles. The van der Waals surface area contributed by atoms with Crippen molar-refractivity contribution in [2.24, 2.45) is 0 Å². The average molecular weight is 269 g/mol. The lowest BCUT2D eigenvalue weighted by molar-refractivity contribution is -0.142. The molecular formula is C12H19N3O2S. The molecule has 1 atom stereocenters. The van der Waals surface area contributed by atoms with Gasteiger partial charge in [-0.3, -0.25) is 9.69 Å². The van der Waals surface area contributed by atoms with Gasteiger partial charge in [-0.15, -0.1) is 0 Å². The fraction of sp³-hybridized carbons (Fsp3) is 0.667. The standard InChI is InChI=1S/C12H19N3O2S/c1-9(2)15-8-13-5-10(15)6-14-3-4-18-7-11(14)12(16)17/h5,8-9,11H,3-4,6-7H2,1-2H3,(H,16,17). The summed E-state index contributed by atoms with van der Waals surface area (Å²) >= 11 is 1.71. The molecule has 1 aromatic rings. The maximum atomic E-state index is 11.2. The number of hydrogen-bond donors (Lipinski definition) is 1. The van der Waals surface area contributed by atoms with Gasteiger partial charge in [0.15, 0.2) is 0 Å². The maximum absolute atomic E-state index is 11.2. The van der Waals surface area contributed by atoms with Gasteiger partial charge in [-0.25, -0.2) is 4.98 Å². The van der Waals surface area contributed by atoms with Crippen molar-refractivity contribution in [1.29, 1.82) is 0 Å². The first-order chi connectivity index (χ1) is 8.59. The van der Waals surface area contributed by atoms with Crippen LogP contribution in [0.15, 0.2) is 12.5 Å². The SMILES string of the molecule is CC(C)n1cncc1CN1CCSCC1C(=O)O. The summed E-state index contributed by atoms with van der Waals surface area (Å²) in [5.41, 5.74) is 1.09. The normalized spacial score (nSPS) is 21.4. The zero-order chi connectivity index (χ0) is 13.1. The Kier molecular flexibility index (Phi) is 4.29. The van der Waals surface area contributed by atoms with Gasteiger partial charge in [-0.1, -0.05) is 0 Å². The van der Waals surface area contributed by atoms with Crippen molar-refractivity contribution in [2.45, 2.75) is 32.5 Å². The molecule has 0 aliphatic carbocycles. The second kappa shape index (κ2) is 5.75. The van der Waals surface area contributed by atoms with Crippen molar-refractivity contribution in [3.05, 3.63) is 18.2 Å². The number of aromatic nitrogens is 2. The topological polar surface area (TPSA) is 58.4 Å². The zero-order valence-corrected chi connectivity index (χ0v) is 11.6. The molecule has 0 aromatic carbocycles. The molecule has 1 aliphatic heterocycles. The third-order valence-electron chi connectivity index (χ3n) is 3.19. The van der Waals surface area contributed by atoms with Crippen molar-refractivity contribution >= 4 is 17.7 Å². The molecule has 5 nitrogen and oxygen atoms in total. The summed E-state index contributed by atoms with van der Waals surface area (Å²) in [6.45, 7) is 5.69. The smallest absolute Gasteiger partial charge is 0.321 e. The zero-order valence-electron chi connectivity index (χ0n) is 10.7. The predicted molar refractivity (Wildman–Crippen MR) is 71.8 cm³/mol. The van der Waals surface area contributed by atoms with Crippen LogP contribution in [0.25, 0.3) is 0 Å². The monoisotopic (exact) mass is 269 g/mol. The van der Waals surface area contributed by atoms with Gasteiger partial charge in [-0.05, 0) is 13.8 Å². The third-order valence-corrected chi connectivity index (χ3v) is 4.21. The minimum atomic E-state index is -0.724. The van der Waals surface area contributed by atoms with E-state index in [1.165, 1.54) is 0 Å². The van der Waals surface area contributed by atoms with Crippen molar-refractivity contribution in [3.8, 4) is 0 Å². The van der Waals surface area contributed by atoms with Crippen LogP contribution < -0.4 is 0 Å². The molecule has 1 fully saturated rings. The van der Waals surface area contributed by atoms with Gasteiger partial charge in [0, 0.05) is 36.8 Å². The van der Waals surface area contributed by atoms with Crippen LogP contribution in [0.4, 0.5) is 0 Å². The molecule has 0 spiro atoms. The first-order valence-electron chi connectivity index (χ1n) is 6.15. The Labute approximate surface area is 111 Å². The lowest BCUT2D eigenvalue weighted by atomic mass is 10.2. The number of aliphatic carboxylic acids is 1. The van der Waals surface area contributed by atoms with Crippen molar-refractivity contribution < 1.29 is 9.90 Å². The molecule has 1 aliphatic rings. The molecule has 0 amide bonds. The van der Waals surface area contributed by atoms with E-state index >= 15 is 0 Å². The molecule has 0 radical (unpaired) electrons. The van der Waals surface area contributed by atoms with Crippen LogP contribution in [0, 0.1) is 0 Å². The predicted octanol–water partition coefficient (Wildman–Crippen LogP) is 1.47. The molecule has 0 bridgehead atoms. The molecular weight excluding hydrogens is 250 g/mol. The summed E-state index contributed by atoms with van der Waals surface area (Å²) in [5, 5.41) is 9.24. The molecule has 2 rings (SSSR count). The first kappa shape index (κ1) is 13.4. The molecule has 100 valence electrons. The van der Waals surface area contributed by atoms with E-state index in [0.29, 0.717) is 18.3 Å². The fourth-order valence-corrected chi connectivity index (χ4v) is 3.29. The molecule has 18 heavy (non-hydrogen) atoms. The Hall–Kier alpha value is -1.01. The highest BCUT2D eigenvalue weighted by Crippen LogP contribution is 2.20. The number of imidazole rings is 1. The van der Waals surface area contributed by atoms with Crippen LogP contribution in [0.3, 0.4) is 0 Å². The quantitative estimate of drug-likeness (QED) is 0.897. The molecule has 1 saturated heterocycles. The van der Waals surface area contributed by atoms with Gasteiger partial charge in [-0.2, -0.15) is 11.8 Å². The van der Waals surface area contributed by atoms with Crippen molar-refractivity contribution in [3.63, 3.8) is 0 Å². The van der Waals surface area contributed by atoms with Gasteiger partial charge in [0.1, 0.15) is 6.04 Å². The van der Waals surface area contributed by atoms with Crippen LogP contribution in [-0.4, -0.2) is 49.6 Å². The van der Waals surface area contributed by atoms with Crippen molar-refractivity contribution in [1.82, 2.24) is 14.5 Å². The van der Waals surface area contributed by atoms with E-state index < -0.39 is 5.97 Å². The van der Waals surface area contributed by atoms with Gasteiger partial charge in [0.2, 0.25) is 0 Å². The molecule has 1 N–H and O–H groups in total. The first-order valence-corrected chi connectivity index (χ1v) is 7.30. The number of nitrogens with zero attached hydrogens (tertiary/aromatic N) is 3. The number of rotatable bonds is 4. The Morgan fingerprint density at radius 3 is 3.11 bits per heavy atom. The van der Waals surface area contributed by atoms with Crippen LogP contribution in [0.1, 0.15) is 25.6 Å². The number of thioether (sulfide) groups is 1. The van der Waals surface area contributed by atoms with Gasteiger partial charge < -0.3 is 9.67 Å². The second-order valence-electron chi connectivity index (χ2n) is 4.79. The lowest BCUT2D eigenvalue weighted by Crippen LogP contribution is -2.46. The van der Waals surface area contributed by atoms with E-state index in [9.17, 15) is 9.90 Å². The number of carboxylic acids is 1. The van der Waals surface area contributed by atoms with Gasteiger partial charge in [0.05, 0.1) is 12.0 Å². The van der Waals surface area contributed by atoms with Crippen molar-refractivity contribution in [2.75, 3.05) is 18.1 Å². The van der Waals surface area contributed by atoms with Crippen LogP contribution >= 0.6 is 11.8 Å². The average Bonchev–Trinajstić information content (AvgIpc) is 2.77. The Bertz CT molecular complexity index is 419. The second-order valence-corrected chi connectivity index (χ2v) is 5.94. The number of hydrogen-bond acceptors (Lipinski definition) is 4. The Morgan fingerprint density at radius 2 is 2.44 bits per heavy atom. The van der Waals surface area contributed by atoms with E-state index in [4.69, 9.17) is 0 Å². The summed E-state index contributed by atoms with van der Waals surface area (Å²) in [6, 6.07) is -0.0239. The largest absolute Gasteiger partial charge is 0.480 e. The van der Waals surface area contributed by atoms with E-state index in [-0.39, 0.29) is 6.04 Å². The highest BCUT2D eigenvalue weighted by Gasteiger charge is 2.29. The van der Waals surface area contributed by atoms with Crippen LogP contribution in [0.2, 0.25) is 0 Å². The summed E-state index contributed by atoms with van der Waals surface area (Å²) in [5.74, 6) is 0.947. The minimum Gasteiger partial charge on any atom is -0.480 e. The lowest BCUT2D eigenvalue weighted by Gasteiger charge is -2.32.